The summed E-state index contributed by atoms with van der Waals surface area (Å²) in [5.41, 5.74) is 0.976. The number of anilines is 1. The number of benzene rings is 1. The molecule has 0 bridgehead atoms. The first-order valence-electron chi connectivity index (χ1n) is 8.40. The normalized spacial score (nSPS) is 11.6. The van der Waals surface area contributed by atoms with Gasteiger partial charge in [0.05, 0.1) is 22.6 Å². The van der Waals surface area contributed by atoms with Gasteiger partial charge < -0.3 is 10.1 Å². The highest BCUT2D eigenvalue weighted by Gasteiger charge is 2.39. The lowest BCUT2D eigenvalue weighted by molar-refractivity contribution is -0.144. The fourth-order valence-corrected chi connectivity index (χ4v) is 3.48. The Bertz CT molecular complexity index is 1060. The van der Waals surface area contributed by atoms with Crippen molar-refractivity contribution >= 4 is 27.5 Å². The van der Waals surface area contributed by atoms with Gasteiger partial charge in [0.25, 0.3) is 5.91 Å². The van der Waals surface area contributed by atoms with Crippen LogP contribution in [0.25, 0.3) is 0 Å². The summed E-state index contributed by atoms with van der Waals surface area (Å²) < 4.78 is 46.5. The van der Waals surface area contributed by atoms with E-state index < -0.39 is 22.3 Å². The van der Waals surface area contributed by atoms with Gasteiger partial charge >= 0.3 is 6.18 Å². The Hall–Kier alpha value is -2.82. The Morgan fingerprint density at radius 2 is 2.03 bits per heavy atom. The molecular weight excluding hydrogens is 455 g/mol. The maximum atomic E-state index is 13.0. The van der Waals surface area contributed by atoms with Crippen LogP contribution < -0.4 is 10.1 Å². The zero-order valence-corrected chi connectivity index (χ0v) is 17.3. The van der Waals surface area contributed by atoms with Crippen LogP contribution in [0.1, 0.15) is 27.3 Å². The number of nitrogens with one attached hydrogen (secondary N) is 1. The molecule has 1 amide bonds. The topological polar surface area (TPSA) is 74.0 Å². The molecule has 0 fully saturated rings. The van der Waals surface area contributed by atoms with E-state index in [1.54, 1.807) is 0 Å². The molecule has 154 valence electrons. The van der Waals surface area contributed by atoms with Gasteiger partial charge in [-0.1, -0.05) is 17.7 Å². The van der Waals surface area contributed by atoms with Gasteiger partial charge in [-0.2, -0.15) is 23.4 Å². The third-order valence-electron chi connectivity index (χ3n) is 4.05. The predicted molar refractivity (Wildman–Crippen MR) is 103 cm³/mol. The van der Waals surface area contributed by atoms with E-state index in [9.17, 15) is 18.0 Å². The van der Waals surface area contributed by atoms with Crippen molar-refractivity contribution in [2.75, 3.05) is 5.32 Å². The standard InChI is InChI=1S/C18H17BrF3N5O2/c1-10-4-5-13(11(2)6-10)29-9-27-8-12(7-23-27)24-17(28)15-14(19)16(18(20,21)22)26(3)25-15/h4-8H,9H2,1-3H3,(H,24,28). The van der Waals surface area contributed by atoms with Crippen LogP contribution in [-0.4, -0.2) is 25.5 Å². The Kier molecular flexibility index (Phi) is 5.69. The van der Waals surface area contributed by atoms with Crippen LogP contribution in [0, 0.1) is 13.8 Å². The highest BCUT2D eigenvalue weighted by Crippen LogP contribution is 2.36. The van der Waals surface area contributed by atoms with E-state index in [0.29, 0.717) is 16.1 Å². The molecule has 0 aliphatic carbocycles. The first kappa shape index (κ1) is 20.9. The molecule has 3 aromatic rings. The molecular formula is C18H17BrF3N5O2. The Labute approximate surface area is 172 Å². The van der Waals surface area contributed by atoms with Crippen LogP contribution in [0.4, 0.5) is 18.9 Å². The van der Waals surface area contributed by atoms with Crippen molar-refractivity contribution in [3.63, 3.8) is 0 Å². The van der Waals surface area contributed by atoms with E-state index in [1.165, 1.54) is 17.1 Å². The van der Waals surface area contributed by atoms with E-state index >= 15 is 0 Å². The van der Waals surface area contributed by atoms with Gasteiger partial charge in [-0.3, -0.25) is 9.48 Å². The number of carbonyl (C=O) groups excluding carboxylic acids is 1. The van der Waals surface area contributed by atoms with Gasteiger partial charge in [0.2, 0.25) is 0 Å². The molecule has 0 atom stereocenters. The number of alkyl halides is 3. The van der Waals surface area contributed by atoms with E-state index in [4.69, 9.17) is 4.74 Å². The third-order valence-corrected chi connectivity index (χ3v) is 4.80. The Morgan fingerprint density at radius 3 is 2.66 bits per heavy atom. The Morgan fingerprint density at radius 1 is 1.31 bits per heavy atom. The zero-order chi connectivity index (χ0) is 21.3. The molecule has 2 heterocycles. The quantitative estimate of drug-likeness (QED) is 0.601. The van der Waals surface area contributed by atoms with Crippen molar-refractivity contribution in [3.05, 3.63) is 57.6 Å². The van der Waals surface area contributed by atoms with Crippen molar-refractivity contribution in [1.82, 2.24) is 19.6 Å². The van der Waals surface area contributed by atoms with E-state index in [2.05, 4.69) is 31.4 Å². The minimum Gasteiger partial charge on any atom is -0.471 e. The van der Waals surface area contributed by atoms with Gasteiger partial charge in [-0.05, 0) is 41.4 Å². The molecule has 11 heteroatoms. The van der Waals surface area contributed by atoms with Crippen molar-refractivity contribution in [2.24, 2.45) is 7.05 Å². The summed E-state index contributed by atoms with van der Waals surface area (Å²) >= 11 is 2.81. The fourth-order valence-electron chi connectivity index (χ4n) is 2.74. The fraction of sp³-hybridized carbons (Fsp3) is 0.278. The number of ether oxygens (including phenoxy) is 1. The van der Waals surface area contributed by atoms with E-state index in [1.807, 2.05) is 32.0 Å². The lowest BCUT2D eigenvalue weighted by Crippen LogP contribution is -2.13. The first-order chi connectivity index (χ1) is 13.6. The molecule has 29 heavy (non-hydrogen) atoms. The number of hydrogen-bond acceptors (Lipinski definition) is 4. The lowest BCUT2D eigenvalue weighted by atomic mass is 10.1. The van der Waals surface area contributed by atoms with Gasteiger partial charge in [-0.15, -0.1) is 0 Å². The second-order valence-electron chi connectivity index (χ2n) is 6.40. The molecule has 7 nitrogen and oxygen atoms in total. The highest BCUT2D eigenvalue weighted by molar-refractivity contribution is 9.10. The summed E-state index contributed by atoms with van der Waals surface area (Å²) in [7, 11) is 1.12. The summed E-state index contributed by atoms with van der Waals surface area (Å²) in [4.78, 5) is 12.3. The van der Waals surface area contributed by atoms with E-state index in [-0.39, 0.29) is 12.4 Å². The van der Waals surface area contributed by atoms with Crippen molar-refractivity contribution < 1.29 is 22.7 Å². The average molecular weight is 472 g/mol. The molecule has 0 aliphatic rings. The van der Waals surface area contributed by atoms with Gasteiger partial charge in [0, 0.05) is 7.05 Å². The minimum absolute atomic E-state index is 0.102. The van der Waals surface area contributed by atoms with Gasteiger partial charge in [0.1, 0.15) is 5.75 Å². The lowest BCUT2D eigenvalue weighted by Gasteiger charge is -2.09. The monoisotopic (exact) mass is 471 g/mol. The number of rotatable bonds is 5. The van der Waals surface area contributed by atoms with Crippen LogP contribution in [0.3, 0.4) is 0 Å². The second kappa shape index (κ2) is 7.90. The van der Waals surface area contributed by atoms with Gasteiger partial charge in [-0.25, -0.2) is 4.68 Å². The number of amides is 1. The molecule has 0 spiro atoms. The van der Waals surface area contributed by atoms with Crippen LogP contribution in [0.2, 0.25) is 0 Å². The number of hydrogen-bond donors (Lipinski definition) is 1. The molecule has 0 saturated carbocycles. The number of nitrogens with zero attached hydrogens (tertiary/aromatic N) is 4. The SMILES string of the molecule is Cc1ccc(OCn2cc(NC(=O)c3nn(C)c(C(F)(F)F)c3Br)cn2)c(C)c1. The number of halogens is 4. The smallest absolute Gasteiger partial charge is 0.434 e. The minimum atomic E-state index is -4.64. The largest absolute Gasteiger partial charge is 0.471 e. The summed E-state index contributed by atoms with van der Waals surface area (Å²) in [6, 6.07) is 5.77. The van der Waals surface area contributed by atoms with E-state index in [0.717, 1.165) is 18.2 Å². The van der Waals surface area contributed by atoms with Crippen molar-refractivity contribution in [1.29, 1.82) is 0 Å². The molecule has 2 aromatic heterocycles. The highest BCUT2D eigenvalue weighted by atomic mass is 79.9. The number of aromatic nitrogens is 4. The maximum absolute atomic E-state index is 13.0. The molecule has 0 saturated heterocycles. The van der Waals surface area contributed by atoms with Crippen molar-refractivity contribution in [2.45, 2.75) is 26.8 Å². The van der Waals surface area contributed by atoms with Crippen LogP contribution in [0.15, 0.2) is 35.1 Å². The molecule has 1 aromatic carbocycles. The van der Waals surface area contributed by atoms with Gasteiger partial charge in [0.15, 0.2) is 18.1 Å². The molecule has 0 aliphatic heterocycles. The third kappa shape index (κ3) is 4.61. The van der Waals surface area contributed by atoms with Crippen LogP contribution in [0.5, 0.6) is 5.75 Å². The number of carbonyl (C=O) groups is 1. The van der Waals surface area contributed by atoms with Crippen LogP contribution >= 0.6 is 15.9 Å². The summed E-state index contributed by atoms with van der Waals surface area (Å²) in [6.07, 6.45) is -1.77. The van der Waals surface area contributed by atoms with Crippen molar-refractivity contribution in [3.8, 4) is 5.75 Å². The molecule has 0 radical (unpaired) electrons. The summed E-state index contributed by atoms with van der Waals surface area (Å²) in [5.74, 6) is -0.0911. The molecule has 1 N–H and O–H groups in total. The zero-order valence-electron chi connectivity index (χ0n) is 15.7. The molecule has 3 rings (SSSR count). The predicted octanol–water partition coefficient (Wildman–Crippen LogP) is 4.30. The average Bonchev–Trinajstić information content (AvgIpc) is 3.17. The second-order valence-corrected chi connectivity index (χ2v) is 7.19. The number of aryl methyl sites for hydroxylation is 3. The Balaban J connectivity index is 1.68. The molecule has 0 unspecified atom stereocenters. The maximum Gasteiger partial charge on any atom is 0.434 e. The summed E-state index contributed by atoms with van der Waals surface area (Å²) in [6.45, 7) is 4.01. The first-order valence-corrected chi connectivity index (χ1v) is 9.19. The van der Waals surface area contributed by atoms with Crippen LogP contribution in [-0.2, 0) is 20.0 Å². The summed E-state index contributed by atoms with van der Waals surface area (Å²) in [5, 5.41) is 10.2.